The molecule has 1 aliphatic rings. The lowest BCUT2D eigenvalue weighted by molar-refractivity contribution is 0.311. The van der Waals surface area contributed by atoms with Crippen LogP contribution in [0.2, 0.25) is 0 Å². The molecule has 0 radical (unpaired) electrons. The van der Waals surface area contributed by atoms with Crippen LogP contribution in [0.4, 0.5) is 5.69 Å². The van der Waals surface area contributed by atoms with Gasteiger partial charge in [-0.3, -0.25) is 9.67 Å². The highest BCUT2D eigenvalue weighted by Crippen LogP contribution is 2.30. The van der Waals surface area contributed by atoms with Crippen LogP contribution in [-0.2, 0) is 6.54 Å². The molecule has 0 spiro atoms. The van der Waals surface area contributed by atoms with E-state index in [1.54, 1.807) is 14.2 Å². The van der Waals surface area contributed by atoms with Gasteiger partial charge in [-0.05, 0) is 38.0 Å². The molecule has 2 N–H and O–H groups in total. The molecule has 0 amide bonds. The van der Waals surface area contributed by atoms with Crippen molar-refractivity contribution in [2.45, 2.75) is 45.2 Å². The van der Waals surface area contributed by atoms with E-state index in [1.807, 2.05) is 25.1 Å². The number of aliphatic imine (C=N–C) groups is 1. The topological polar surface area (TPSA) is 72.7 Å². The quantitative estimate of drug-likeness (QED) is 0.575. The first-order valence-corrected chi connectivity index (χ1v) is 9.56. The molecule has 1 fully saturated rings. The second-order valence-electron chi connectivity index (χ2n) is 6.57. The van der Waals surface area contributed by atoms with Crippen molar-refractivity contribution in [3.05, 3.63) is 36.2 Å². The molecule has 0 unspecified atom stereocenters. The summed E-state index contributed by atoms with van der Waals surface area (Å²) in [4.78, 5) is 4.29. The van der Waals surface area contributed by atoms with E-state index < -0.39 is 0 Å². The number of methoxy groups -OCH3 is 1. The predicted octanol–water partition coefficient (Wildman–Crippen LogP) is 3.59. The first-order chi connectivity index (χ1) is 13.2. The van der Waals surface area contributed by atoms with E-state index in [4.69, 9.17) is 14.6 Å². The highest BCUT2D eigenvalue weighted by molar-refractivity contribution is 5.93. The number of rotatable bonds is 7. The number of nitrogens with zero attached hydrogens (tertiary/aromatic N) is 3. The van der Waals surface area contributed by atoms with Crippen LogP contribution >= 0.6 is 0 Å². The van der Waals surface area contributed by atoms with E-state index in [1.165, 1.54) is 25.7 Å². The minimum atomic E-state index is 0.562. The molecule has 0 saturated heterocycles. The van der Waals surface area contributed by atoms with E-state index in [-0.39, 0.29) is 0 Å². The summed E-state index contributed by atoms with van der Waals surface area (Å²) in [6.45, 7) is 3.15. The zero-order valence-corrected chi connectivity index (χ0v) is 16.4. The van der Waals surface area contributed by atoms with E-state index >= 15 is 0 Å². The van der Waals surface area contributed by atoms with Gasteiger partial charge in [0.1, 0.15) is 0 Å². The maximum absolute atomic E-state index is 5.63. The van der Waals surface area contributed by atoms with Crippen LogP contribution in [0.5, 0.6) is 11.5 Å². The second kappa shape index (κ2) is 9.30. The summed E-state index contributed by atoms with van der Waals surface area (Å²) in [5.74, 6) is 2.09. The van der Waals surface area contributed by atoms with Crippen molar-refractivity contribution < 1.29 is 9.47 Å². The highest BCUT2D eigenvalue weighted by atomic mass is 16.5. The van der Waals surface area contributed by atoms with Gasteiger partial charge in [-0.25, -0.2) is 0 Å². The van der Waals surface area contributed by atoms with Gasteiger partial charge in [-0.2, -0.15) is 5.10 Å². The van der Waals surface area contributed by atoms with Gasteiger partial charge in [-0.15, -0.1) is 0 Å². The Kier molecular flexibility index (Phi) is 6.57. The van der Waals surface area contributed by atoms with E-state index in [9.17, 15) is 0 Å². The molecule has 1 aromatic heterocycles. The lowest BCUT2D eigenvalue weighted by Crippen LogP contribution is -2.30. The number of aromatic nitrogens is 2. The first kappa shape index (κ1) is 19.1. The maximum atomic E-state index is 5.63. The molecule has 1 heterocycles. The molecular formula is C20H29N5O2. The van der Waals surface area contributed by atoms with Gasteiger partial charge < -0.3 is 20.1 Å². The molecule has 2 aromatic rings. The van der Waals surface area contributed by atoms with Crippen molar-refractivity contribution in [2.24, 2.45) is 4.99 Å². The Balaban J connectivity index is 1.59. The van der Waals surface area contributed by atoms with Crippen molar-refractivity contribution >= 4 is 11.6 Å². The zero-order chi connectivity index (χ0) is 19.1. The van der Waals surface area contributed by atoms with Gasteiger partial charge in [0.15, 0.2) is 17.5 Å². The number of anilines is 1. The third-order valence-electron chi connectivity index (χ3n) is 4.75. The van der Waals surface area contributed by atoms with Crippen molar-refractivity contribution in [3.8, 4) is 11.5 Å². The third kappa shape index (κ3) is 4.93. The van der Waals surface area contributed by atoms with Gasteiger partial charge >= 0.3 is 0 Å². The normalized spacial score (nSPS) is 15.0. The standard InChI is InChI=1S/C20H29N5O2/c1-4-27-19-13-15(9-10-18(19)26-3)23-20(21-2)22-14-16-11-12-25(24-16)17-7-5-6-8-17/h9-13,17H,4-8,14H2,1-3H3,(H2,21,22,23). The molecule has 1 aromatic carbocycles. The molecule has 0 aliphatic heterocycles. The molecule has 0 atom stereocenters. The van der Waals surface area contributed by atoms with Crippen LogP contribution in [-0.4, -0.2) is 36.5 Å². The Bertz CT molecular complexity index is 765. The van der Waals surface area contributed by atoms with Crippen molar-refractivity contribution in [1.29, 1.82) is 0 Å². The van der Waals surface area contributed by atoms with Gasteiger partial charge in [0.25, 0.3) is 0 Å². The zero-order valence-electron chi connectivity index (χ0n) is 16.4. The summed E-state index contributed by atoms with van der Waals surface area (Å²) in [5, 5.41) is 11.3. The number of hydrogen-bond donors (Lipinski definition) is 2. The summed E-state index contributed by atoms with van der Waals surface area (Å²) in [6, 6.07) is 8.35. The highest BCUT2D eigenvalue weighted by Gasteiger charge is 2.17. The molecular weight excluding hydrogens is 342 g/mol. The summed E-state index contributed by atoms with van der Waals surface area (Å²) < 4.78 is 13.1. The molecule has 146 valence electrons. The summed E-state index contributed by atoms with van der Waals surface area (Å²) in [5.41, 5.74) is 1.89. The number of ether oxygens (including phenoxy) is 2. The minimum Gasteiger partial charge on any atom is -0.493 e. The van der Waals surface area contributed by atoms with Crippen molar-refractivity contribution in [3.63, 3.8) is 0 Å². The molecule has 1 aliphatic carbocycles. The molecule has 1 saturated carbocycles. The average Bonchev–Trinajstić information content (AvgIpc) is 3.37. The molecule has 27 heavy (non-hydrogen) atoms. The monoisotopic (exact) mass is 371 g/mol. The molecule has 0 bridgehead atoms. The summed E-state index contributed by atoms with van der Waals surface area (Å²) >= 11 is 0. The fourth-order valence-electron chi connectivity index (χ4n) is 3.36. The van der Waals surface area contributed by atoms with Crippen LogP contribution in [0, 0.1) is 0 Å². The number of guanidine groups is 1. The molecule has 7 nitrogen and oxygen atoms in total. The Morgan fingerprint density at radius 3 is 2.78 bits per heavy atom. The number of hydrogen-bond acceptors (Lipinski definition) is 4. The smallest absolute Gasteiger partial charge is 0.195 e. The maximum Gasteiger partial charge on any atom is 0.195 e. The Morgan fingerprint density at radius 1 is 1.26 bits per heavy atom. The number of nitrogens with one attached hydrogen (secondary N) is 2. The fraction of sp³-hybridized carbons (Fsp3) is 0.500. The van der Waals surface area contributed by atoms with Crippen LogP contribution in [0.3, 0.4) is 0 Å². The van der Waals surface area contributed by atoms with Gasteiger partial charge in [0.05, 0.1) is 32.0 Å². The van der Waals surface area contributed by atoms with Gasteiger partial charge in [-0.1, -0.05) is 12.8 Å². The average molecular weight is 371 g/mol. The van der Waals surface area contributed by atoms with Crippen molar-refractivity contribution in [1.82, 2.24) is 15.1 Å². The Labute approximate surface area is 160 Å². The lowest BCUT2D eigenvalue weighted by atomic mass is 10.2. The Hall–Kier alpha value is -2.70. The first-order valence-electron chi connectivity index (χ1n) is 9.56. The summed E-state index contributed by atoms with van der Waals surface area (Å²) in [6.07, 6.45) is 7.16. The molecule has 3 rings (SSSR count). The van der Waals surface area contributed by atoms with E-state index in [0.29, 0.717) is 36.7 Å². The van der Waals surface area contributed by atoms with E-state index in [2.05, 4.69) is 32.6 Å². The predicted molar refractivity (Wildman–Crippen MR) is 108 cm³/mol. The second-order valence-corrected chi connectivity index (χ2v) is 6.57. The van der Waals surface area contributed by atoms with Gasteiger partial charge in [0.2, 0.25) is 0 Å². The summed E-state index contributed by atoms with van der Waals surface area (Å²) in [7, 11) is 3.38. The molecule has 7 heteroatoms. The lowest BCUT2D eigenvalue weighted by Gasteiger charge is -2.14. The number of benzene rings is 1. The largest absolute Gasteiger partial charge is 0.493 e. The fourth-order valence-corrected chi connectivity index (χ4v) is 3.36. The van der Waals surface area contributed by atoms with Gasteiger partial charge in [0, 0.05) is 25.0 Å². The van der Waals surface area contributed by atoms with Crippen molar-refractivity contribution in [2.75, 3.05) is 26.1 Å². The van der Waals surface area contributed by atoms with Crippen LogP contribution in [0.1, 0.15) is 44.3 Å². The SMILES string of the molecule is CCOc1cc(NC(=NC)NCc2ccn(C3CCCC3)n2)ccc1OC. The third-order valence-corrected chi connectivity index (χ3v) is 4.75. The Morgan fingerprint density at radius 2 is 2.07 bits per heavy atom. The van der Waals surface area contributed by atoms with Crippen LogP contribution in [0.25, 0.3) is 0 Å². The van der Waals surface area contributed by atoms with Crippen LogP contribution < -0.4 is 20.1 Å². The minimum absolute atomic E-state index is 0.562. The van der Waals surface area contributed by atoms with E-state index in [0.717, 1.165) is 11.4 Å². The van der Waals surface area contributed by atoms with Crippen LogP contribution in [0.15, 0.2) is 35.5 Å².